The van der Waals surface area contributed by atoms with Gasteiger partial charge < -0.3 is 20.3 Å². The number of benzene rings is 1. The Hall–Kier alpha value is -3.53. The summed E-state index contributed by atoms with van der Waals surface area (Å²) in [5, 5.41) is 5.84. The van der Waals surface area contributed by atoms with Crippen LogP contribution in [0.1, 0.15) is 20.7 Å². The number of nitrogens with one attached hydrogen (secondary N) is 2. The minimum absolute atomic E-state index is 0.305. The standard InChI is InChI=1S/C20H22N6O4/c27-18(12-26-19(28)14-3-1-2-4-15(14)20(26)29)22-6-5-21-16-11-17(24-13-23-16)25-7-9-30-10-8-25/h1-4,11,13H,5-10,12H2,(H,22,27)(H,21,23,24). The van der Waals surface area contributed by atoms with E-state index in [0.29, 0.717) is 43.2 Å². The van der Waals surface area contributed by atoms with E-state index in [1.165, 1.54) is 6.33 Å². The summed E-state index contributed by atoms with van der Waals surface area (Å²) in [7, 11) is 0. The van der Waals surface area contributed by atoms with E-state index in [1.54, 1.807) is 24.3 Å². The molecular formula is C20H22N6O4. The fourth-order valence-electron chi connectivity index (χ4n) is 3.38. The zero-order valence-electron chi connectivity index (χ0n) is 16.3. The van der Waals surface area contributed by atoms with Crippen LogP contribution >= 0.6 is 0 Å². The molecule has 2 N–H and O–H groups in total. The van der Waals surface area contributed by atoms with E-state index in [0.717, 1.165) is 23.8 Å². The summed E-state index contributed by atoms with van der Waals surface area (Å²) in [6.07, 6.45) is 1.49. The molecule has 0 radical (unpaired) electrons. The Morgan fingerprint density at radius 3 is 2.43 bits per heavy atom. The summed E-state index contributed by atoms with van der Waals surface area (Å²) in [5.74, 6) is 0.190. The Morgan fingerprint density at radius 1 is 1.03 bits per heavy atom. The van der Waals surface area contributed by atoms with Crippen molar-refractivity contribution in [3.05, 3.63) is 47.8 Å². The lowest BCUT2D eigenvalue weighted by Gasteiger charge is -2.27. The molecule has 0 saturated carbocycles. The van der Waals surface area contributed by atoms with Crippen molar-refractivity contribution in [1.29, 1.82) is 0 Å². The Bertz CT molecular complexity index is 925. The summed E-state index contributed by atoms with van der Waals surface area (Å²) in [5.41, 5.74) is 0.661. The molecule has 1 saturated heterocycles. The first-order chi connectivity index (χ1) is 14.6. The number of carbonyl (C=O) groups excluding carboxylic acids is 3. The average molecular weight is 410 g/mol. The summed E-state index contributed by atoms with van der Waals surface area (Å²) in [4.78, 5) is 48.4. The van der Waals surface area contributed by atoms with E-state index < -0.39 is 17.7 Å². The number of morpholine rings is 1. The van der Waals surface area contributed by atoms with Gasteiger partial charge in [-0.1, -0.05) is 12.1 Å². The molecule has 2 aliphatic heterocycles. The number of aromatic nitrogens is 2. The van der Waals surface area contributed by atoms with Crippen LogP contribution in [0.25, 0.3) is 0 Å². The second kappa shape index (κ2) is 8.87. The van der Waals surface area contributed by atoms with Gasteiger partial charge in [-0.3, -0.25) is 19.3 Å². The average Bonchev–Trinajstić information content (AvgIpc) is 3.03. The number of rotatable bonds is 7. The van der Waals surface area contributed by atoms with Gasteiger partial charge in [-0.25, -0.2) is 9.97 Å². The zero-order chi connectivity index (χ0) is 20.9. The topological polar surface area (TPSA) is 117 Å². The van der Waals surface area contributed by atoms with Crippen molar-refractivity contribution < 1.29 is 19.1 Å². The quantitative estimate of drug-likeness (QED) is 0.489. The van der Waals surface area contributed by atoms with Crippen molar-refractivity contribution in [3.63, 3.8) is 0 Å². The Balaban J connectivity index is 1.23. The molecule has 0 unspecified atom stereocenters. The third-order valence-electron chi connectivity index (χ3n) is 4.92. The minimum Gasteiger partial charge on any atom is -0.378 e. The van der Waals surface area contributed by atoms with E-state index in [2.05, 4.69) is 25.5 Å². The normalized spacial score (nSPS) is 15.9. The van der Waals surface area contributed by atoms with Gasteiger partial charge in [-0.15, -0.1) is 0 Å². The lowest BCUT2D eigenvalue weighted by atomic mass is 10.1. The number of hydrogen-bond donors (Lipinski definition) is 2. The van der Waals surface area contributed by atoms with Crippen LogP contribution in [-0.4, -0.2) is 78.5 Å². The fraction of sp³-hybridized carbons (Fsp3) is 0.350. The number of fused-ring (bicyclic) bond motifs is 1. The van der Waals surface area contributed by atoms with E-state index in [4.69, 9.17) is 4.74 Å². The van der Waals surface area contributed by atoms with Gasteiger partial charge >= 0.3 is 0 Å². The molecule has 0 bridgehead atoms. The van der Waals surface area contributed by atoms with Gasteiger partial charge in [-0.05, 0) is 12.1 Å². The minimum atomic E-state index is -0.444. The van der Waals surface area contributed by atoms with Crippen LogP contribution in [0.3, 0.4) is 0 Å². The number of carbonyl (C=O) groups is 3. The molecule has 1 fully saturated rings. The Labute approximate surface area is 173 Å². The van der Waals surface area contributed by atoms with Crippen molar-refractivity contribution in [2.45, 2.75) is 0 Å². The van der Waals surface area contributed by atoms with Crippen molar-refractivity contribution in [3.8, 4) is 0 Å². The van der Waals surface area contributed by atoms with Crippen LogP contribution in [0.5, 0.6) is 0 Å². The van der Waals surface area contributed by atoms with Gasteiger partial charge in [-0.2, -0.15) is 0 Å². The van der Waals surface area contributed by atoms with E-state index >= 15 is 0 Å². The highest BCUT2D eigenvalue weighted by Crippen LogP contribution is 2.21. The molecule has 10 nitrogen and oxygen atoms in total. The number of hydrogen-bond acceptors (Lipinski definition) is 8. The monoisotopic (exact) mass is 410 g/mol. The number of anilines is 2. The highest BCUT2D eigenvalue weighted by molar-refractivity contribution is 6.22. The lowest BCUT2D eigenvalue weighted by molar-refractivity contribution is -0.121. The first kappa shape index (κ1) is 19.8. The number of ether oxygens (including phenoxy) is 1. The van der Waals surface area contributed by atoms with Gasteiger partial charge in [0, 0.05) is 32.2 Å². The smallest absolute Gasteiger partial charge is 0.262 e. The van der Waals surface area contributed by atoms with Gasteiger partial charge in [0.15, 0.2) is 0 Å². The van der Waals surface area contributed by atoms with Crippen molar-refractivity contribution in [1.82, 2.24) is 20.2 Å². The Morgan fingerprint density at radius 2 is 1.73 bits per heavy atom. The highest BCUT2D eigenvalue weighted by atomic mass is 16.5. The van der Waals surface area contributed by atoms with Gasteiger partial charge in [0.2, 0.25) is 5.91 Å². The molecule has 2 aliphatic rings. The molecular weight excluding hydrogens is 388 g/mol. The maximum Gasteiger partial charge on any atom is 0.262 e. The second-order valence-corrected chi connectivity index (χ2v) is 6.88. The largest absolute Gasteiger partial charge is 0.378 e. The SMILES string of the molecule is O=C(CN1C(=O)c2ccccc2C1=O)NCCNc1cc(N2CCOCC2)ncn1. The predicted molar refractivity (Wildman–Crippen MR) is 108 cm³/mol. The van der Waals surface area contributed by atoms with Gasteiger partial charge in [0.1, 0.15) is 24.5 Å². The summed E-state index contributed by atoms with van der Waals surface area (Å²) in [6, 6.07) is 8.41. The predicted octanol–water partition coefficient (Wildman–Crippen LogP) is 0.138. The zero-order valence-corrected chi connectivity index (χ0v) is 16.3. The van der Waals surface area contributed by atoms with E-state index in [-0.39, 0.29) is 6.54 Å². The van der Waals surface area contributed by atoms with Crippen LogP contribution in [-0.2, 0) is 9.53 Å². The molecule has 3 amide bonds. The lowest BCUT2D eigenvalue weighted by Crippen LogP contribution is -2.41. The third kappa shape index (κ3) is 4.23. The van der Waals surface area contributed by atoms with Crippen LogP contribution < -0.4 is 15.5 Å². The molecule has 3 heterocycles. The van der Waals surface area contributed by atoms with Crippen LogP contribution in [0.4, 0.5) is 11.6 Å². The molecule has 1 aromatic carbocycles. The fourth-order valence-corrected chi connectivity index (χ4v) is 3.38. The first-order valence-electron chi connectivity index (χ1n) is 9.74. The van der Waals surface area contributed by atoms with Gasteiger partial charge in [0.05, 0.1) is 24.3 Å². The molecule has 0 aliphatic carbocycles. The summed E-state index contributed by atoms with van der Waals surface area (Å²) in [6.45, 7) is 3.36. The van der Waals surface area contributed by atoms with Crippen LogP contribution in [0.15, 0.2) is 36.7 Å². The maximum absolute atomic E-state index is 12.3. The van der Waals surface area contributed by atoms with Crippen molar-refractivity contribution in [2.24, 2.45) is 0 Å². The molecule has 0 spiro atoms. The Kier molecular flexibility index (Phi) is 5.84. The number of imide groups is 1. The molecule has 0 atom stereocenters. The van der Waals surface area contributed by atoms with Crippen molar-refractivity contribution >= 4 is 29.4 Å². The number of nitrogens with zero attached hydrogens (tertiary/aromatic N) is 4. The number of amides is 3. The summed E-state index contributed by atoms with van der Waals surface area (Å²) >= 11 is 0. The molecule has 156 valence electrons. The third-order valence-corrected chi connectivity index (χ3v) is 4.92. The van der Waals surface area contributed by atoms with Crippen LogP contribution in [0, 0.1) is 0 Å². The molecule has 4 rings (SSSR count). The summed E-state index contributed by atoms with van der Waals surface area (Å²) < 4.78 is 5.35. The molecule has 2 aromatic rings. The molecule has 1 aromatic heterocycles. The van der Waals surface area contributed by atoms with Crippen LogP contribution in [0.2, 0.25) is 0 Å². The van der Waals surface area contributed by atoms with Crippen molar-refractivity contribution in [2.75, 3.05) is 56.2 Å². The van der Waals surface area contributed by atoms with E-state index in [9.17, 15) is 14.4 Å². The van der Waals surface area contributed by atoms with Gasteiger partial charge in [0.25, 0.3) is 11.8 Å². The molecule has 30 heavy (non-hydrogen) atoms. The maximum atomic E-state index is 12.3. The molecule has 10 heteroatoms. The second-order valence-electron chi connectivity index (χ2n) is 6.88. The first-order valence-corrected chi connectivity index (χ1v) is 9.74. The van der Waals surface area contributed by atoms with E-state index in [1.807, 2.05) is 6.07 Å². The highest BCUT2D eigenvalue weighted by Gasteiger charge is 2.36.